The third-order valence-corrected chi connectivity index (χ3v) is 14.2. The highest BCUT2D eigenvalue weighted by Crippen LogP contribution is 2.43. The number of ether oxygens (including phenoxy) is 1. The summed E-state index contributed by atoms with van der Waals surface area (Å²) < 4.78 is 30.7. The number of hydrogen-bond acceptors (Lipinski definition) is 6. The Kier molecular flexibility index (Phi) is 53.5. The van der Waals surface area contributed by atoms with Gasteiger partial charge in [0.15, 0.2) is 0 Å². The van der Waals surface area contributed by atoms with Gasteiger partial charge in [-0.1, -0.05) is 233 Å². The molecule has 0 bridgehead atoms. The lowest BCUT2D eigenvalue weighted by molar-refractivity contribution is -0.870. The number of rotatable bonds is 55. The standard InChI is InChI=1S/C67H117N2O7P/c1-7-10-13-16-19-22-25-28-30-32-33-34-35-37-38-41-44-47-50-53-56-59-66(70)68-64(63-75-77(72,73)74-62-61-69(4,5)6)65(58-55-52-49-46-43-40-27-24-21-18-15-12-9-3)76-67(71)60-57-54-51-48-45-42-39-36-31-29-26-23-20-17-14-11-8-2/h10,13,19-20,22-23,28-31,33-34,37-38,44,47,55,58,64-65H,7-9,11-12,14-18,21,24-27,32,35-36,39-43,45-46,48-54,56-57,59-63H2,1-6H3,(H-,68,70,72,73)/p+1/b13-10-,22-19-,23-20-,30-28-,31-29-,34-33-,38-37-,47-44-,58-55-. The summed E-state index contributed by atoms with van der Waals surface area (Å²) in [6.07, 6.45) is 76.6. The maximum atomic E-state index is 13.5. The van der Waals surface area contributed by atoms with Gasteiger partial charge in [-0.25, -0.2) is 4.57 Å². The van der Waals surface area contributed by atoms with Gasteiger partial charge in [0.25, 0.3) is 0 Å². The number of phosphoric ester groups is 1. The Balaban J connectivity index is 5.39. The summed E-state index contributed by atoms with van der Waals surface area (Å²) in [4.78, 5) is 37.7. The van der Waals surface area contributed by atoms with Crippen LogP contribution in [-0.4, -0.2) is 74.3 Å². The fraction of sp³-hybridized carbons (Fsp3) is 0.701. The molecule has 1 amide bonds. The van der Waals surface area contributed by atoms with Crippen LogP contribution in [-0.2, 0) is 27.9 Å². The number of nitrogens with one attached hydrogen (secondary N) is 1. The van der Waals surface area contributed by atoms with Gasteiger partial charge in [-0.15, -0.1) is 0 Å². The quantitative estimate of drug-likeness (QED) is 0.0205. The summed E-state index contributed by atoms with van der Waals surface area (Å²) >= 11 is 0. The summed E-state index contributed by atoms with van der Waals surface area (Å²) in [6.45, 7) is 6.83. The molecule has 0 spiro atoms. The van der Waals surface area contributed by atoms with Crippen molar-refractivity contribution in [1.29, 1.82) is 0 Å². The summed E-state index contributed by atoms with van der Waals surface area (Å²) in [5.41, 5.74) is 0. The number of likely N-dealkylation sites (N-methyl/N-ethyl adjacent to an activating group) is 1. The van der Waals surface area contributed by atoms with Crippen molar-refractivity contribution in [2.75, 3.05) is 40.9 Å². The molecule has 0 radical (unpaired) electrons. The number of amides is 1. The molecule has 0 heterocycles. The van der Waals surface area contributed by atoms with Crippen LogP contribution in [0.4, 0.5) is 0 Å². The molecule has 0 aliphatic carbocycles. The molecule has 0 aromatic heterocycles. The van der Waals surface area contributed by atoms with Crippen LogP contribution >= 0.6 is 7.82 Å². The summed E-state index contributed by atoms with van der Waals surface area (Å²) in [5, 5.41) is 3.03. The van der Waals surface area contributed by atoms with Crippen LogP contribution in [0.5, 0.6) is 0 Å². The van der Waals surface area contributed by atoms with Crippen LogP contribution in [0.1, 0.15) is 252 Å². The zero-order valence-electron chi connectivity index (χ0n) is 50.4. The van der Waals surface area contributed by atoms with E-state index in [1.54, 1.807) is 0 Å². The average molecular weight is 1090 g/mol. The van der Waals surface area contributed by atoms with Gasteiger partial charge in [0, 0.05) is 12.8 Å². The first-order chi connectivity index (χ1) is 37.4. The van der Waals surface area contributed by atoms with E-state index in [-0.39, 0.29) is 37.9 Å². The zero-order chi connectivity index (χ0) is 56.4. The number of carbonyl (C=O) groups is 2. The Hall–Kier alpha value is -3.33. The first kappa shape index (κ1) is 73.7. The number of unbranched alkanes of at least 4 members (excludes halogenated alkanes) is 23. The van der Waals surface area contributed by atoms with Gasteiger partial charge in [0.1, 0.15) is 19.3 Å². The second-order valence-corrected chi connectivity index (χ2v) is 23.3. The molecule has 0 saturated heterocycles. The maximum absolute atomic E-state index is 13.5. The first-order valence-corrected chi connectivity index (χ1v) is 32.7. The number of esters is 1. The second-order valence-electron chi connectivity index (χ2n) is 21.8. The van der Waals surface area contributed by atoms with E-state index in [0.717, 1.165) is 109 Å². The monoisotopic (exact) mass is 1090 g/mol. The Morgan fingerprint density at radius 1 is 0.468 bits per heavy atom. The van der Waals surface area contributed by atoms with Crippen LogP contribution in [0.2, 0.25) is 0 Å². The molecule has 9 nitrogen and oxygen atoms in total. The minimum absolute atomic E-state index is 0.0249. The van der Waals surface area contributed by atoms with Crippen LogP contribution in [0.25, 0.3) is 0 Å². The molecule has 3 unspecified atom stereocenters. The molecule has 2 N–H and O–H groups in total. The van der Waals surface area contributed by atoms with E-state index in [2.05, 4.69) is 123 Å². The van der Waals surface area contributed by atoms with E-state index in [0.29, 0.717) is 17.4 Å². The van der Waals surface area contributed by atoms with Crippen LogP contribution in [0.15, 0.2) is 109 Å². The number of nitrogens with zero attached hydrogens (tertiary/aromatic N) is 1. The van der Waals surface area contributed by atoms with Gasteiger partial charge in [-0.3, -0.25) is 18.6 Å². The Bertz CT molecular complexity index is 1690. The Labute approximate surface area is 474 Å². The fourth-order valence-corrected chi connectivity index (χ4v) is 9.12. The molecule has 0 aliphatic heterocycles. The van der Waals surface area contributed by atoms with E-state index in [1.807, 2.05) is 33.3 Å². The van der Waals surface area contributed by atoms with Crippen LogP contribution < -0.4 is 5.32 Å². The normalized spacial score (nSPS) is 14.4. The van der Waals surface area contributed by atoms with Crippen LogP contribution in [0, 0.1) is 0 Å². The molecule has 3 atom stereocenters. The summed E-state index contributed by atoms with van der Waals surface area (Å²) in [7, 11) is 1.45. The highest BCUT2D eigenvalue weighted by molar-refractivity contribution is 7.47. The van der Waals surface area contributed by atoms with Crippen molar-refractivity contribution in [3.8, 4) is 0 Å². The molecule has 0 aliphatic rings. The predicted octanol–water partition coefficient (Wildman–Crippen LogP) is 19.3. The van der Waals surface area contributed by atoms with Crippen molar-refractivity contribution in [3.05, 3.63) is 109 Å². The smallest absolute Gasteiger partial charge is 0.456 e. The van der Waals surface area contributed by atoms with Gasteiger partial charge in [-0.2, -0.15) is 0 Å². The SMILES string of the molecule is CC/C=C\C/C=C\C/C=C\C/C=C\C/C=C\C/C=C\CCCCC(=O)NC(COP(=O)(O)OCC[N+](C)(C)C)C(/C=C\CCCCCCCCCCCCC)OC(=O)CCCCCCCCC/C=C\C/C=C\CCCCC. The van der Waals surface area contributed by atoms with Crippen molar-refractivity contribution in [1.82, 2.24) is 5.32 Å². The summed E-state index contributed by atoms with van der Waals surface area (Å²) in [5.74, 6) is -0.569. The van der Waals surface area contributed by atoms with Gasteiger partial charge in [0.2, 0.25) is 5.91 Å². The van der Waals surface area contributed by atoms with E-state index in [1.165, 1.54) is 103 Å². The largest absolute Gasteiger partial charge is 0.472 e. The minimum Gasteiger partial charge on any atom is -0.456 e. The first-order valence-electron chi connectivity index (χ1n) is 31.2. The third kappa shape index (κ3) is 57.2. The molecular weight excluding hydrogens is 976 g/mol. The van der Waals surface area contributed by atoms with Crippen molar-refractivity contribution >= 4 is 19.7 Å². The van der Waals surface area contributed by atoms with Crippen molar-refractivity contribution < 1.29 is 37.3 Å². The number of hydrogen-bond donors (Lipinski definition) is 2. The topological polar surface area (TPSA) is 111 Å². The maximum Gasteiger partial charge on any atom is 0.472 e. The van der Waals surface area contributed by atoms with Crippen molar-refractivity contribution in [2.24, 2.45) is 0 Å². The van der Waals surface area contributed by atoms with Gasteiger partial charge in [0.05, 0.1) is 33.8 Å². The minimum atomic E-state index is -4.47. The van der Waals surface area contributed by atoms with Gasteiger partial charge < -0.3 is 19.4 Å². The molecule has 0 fully saturated rings. The molecule has 77 heavy (non-hydrogen) atoms. The van der Waals surface area contributed by atoms with Gasteiger partial charge >= 0.3 is 13.8 Å². The highest BCUT2D eigenvalue weighted by atomic mass is 31.2. The number of carbonyl (C=O) groups excluding carboxylic acids is 2. The second kappa shape index (κ2) is 56.0. The lowest BCUT2D eigenvalue weighted by Crippen LogP contribution is -2.47. The van der Waals surface area contributed by atoms with Gasteiger partial charge in [-0.05, 0) is 115 Å². The summed E-state index contributed by atoms with van der Waals surface area (Å²) in [6, 6.07) is -0.882. The lowest BCUT2D eigenvalue weighted by Gasteiger charge is -2.27. The molecule has 442 valence electrons. The van der Waals surface area contributed by atoms with Crippen molar-refractivity contribution in [3.63, 3.8) is 0 Å². The molecule has 0 rings (SSSR count). The van der Waals surface area contributed by atoms with E-state index in [4.69, 9.17) is 13.8 Å². The molecule has 0 saturated carbocycles. The number of quaternary nitrogens is 1. The van der Waals surface area contributed by atoms with E-state index < -0.39 is 20.0 Å². The van der Waals surface area contributed by atoms with E-state index in [9.17, 15) is 19.0 Å². The van der Waals surface area contributed by atoms with E-state index >= 15 is 0 Å². The lowest BCUT2D eigenvalue weighted by atomic mass is 10.0. The zero-order valence-corrected chi connectivity index (χ0v) is 51.3. The van der Waals surface area contributed by atoms with Crippen molar-refractivity contribution in [2.45, 2.75) is 264 Å². The molecule has 10 heteroatoms. The average Bonchev–Trinajstić information content (AvgIpc) is 3.39. The predicted molar refractivity (Wildman–Crippen MR) is 332 cm³/mol. The highest BCUT2D eigenvalue weighted by Gasteiger charge is 2.30. The molecule has 0 aromatic carbocycles. The molecule has 0 aromatic rings. The Morgan fingerprint density at radius 3 is 1.29 bits per heavy atom. The number of allylic oxidation sites excluding steroid dienone is 17. The fourth-order valence-electron chi connectivity index (χ4n) is 8.38. The third-order valence-electron chi connectivity index (χ3n) is 13.2. The van der Waals surface area contributed by atoms with Crippen LogP contribution in [0.3, 0.4) is 0 Å². The Morgan fingerprint density at radius 2 is 0.831 bits per heavy atom. The molecular formula is C67H118N2O7P+. The number of phosphoric acid groups is 1.